The van der Waals surface area contributed by atoms with Gasteiger partial charge in [0.05, 0.1) is 26.0 Å². The van der Waals surface area contributed by atoms with E-state index < -0.39 is 10.0 Å². The highest BCUT2D eigenvalue weighted by molar-refractivity contribution is 7.89. The lowest BCUT2D eigenvalue weighted by molar-refractivity contribution is 0.280. The molecule has 2 rings (SSSR count). The molecule has 2 aromatic rings. The molecule has 114 valence electrons. The number of hydrogen-bond donors (Lipinski definition) is 2. The smallest absolute Gasteiger partial charge is 0.244 e. The van der Waals surface area contributed by atoms with Gasteiger partial charge in [-0.1, -0.05) is 6.07 Å². The van der Waals surface area contributed by atoms with Crippen LogP contribution in [0.1, 0.15) is 11.3 Å². The van der Waals surface area contributed by atoms with E-state index in [9.17, 15) is 8.42 Å². The van der Waals surface area contributed by atoms with Crippen LogP contribution >= 0.6 is 0 Å². The predicted molar refractivity (Wildman–Crippen MR) is 76.2 cm³/mol. The minimum Gasteiger partial charge on any atom is -0.495 e. The molecule has 0 aliphatic carbocycles. The number of aryl methyl sites for hydroxylation is 1. The highest BCUT2D eigenvalue weighted by atomic mass is 32.2. The Bertz CT molecular complexity index is 725. The van der Waals surface area contributed by atoms with Gasteiger partial charge < -0.3 is 9.84 Å². The van der Waals surface area contributed by atoms with E-state index in [0.29, 0.717) is 11.3 Å². The Morgan fingerprint density at radius 2 is 2.14 bits per heavy atom. The first-order valence-electron chi connectivity index (χ1n) is 6.22. The molecule has 0 unspecified atom stereocenters. The number of aromatic nitrogens is 2. The molecule has 1 aromatic carbocycles. The van der Waals surface area contributed by atoms with E-state index in [1.807, 2.05) is 0 Å². The van der Waals surface area contributed by atoms with Crippen LogP contribution in [0, 0.1) is 0 Å². The topological polar surface area (TPSA) is 93.5 Å². The van der Waals surface area contributed by atoms with Crippen molar-refractivity contribution < 1.29 is 18.3 Å². The SMILES string of the molecule is COc1cc(CO)ccc1S(=O)(=O)NCc1ccn(C)n1. The molecule has 0 atom stereocenters. The number of aliphatic hydroxyl groups excluding tert-OH is 1. The average Bonchev–Trinajstić information content (AvgIpc) is 2.90. The molecule has 0 saturated carbocycles. The molecular weight excluding hydrogens is 294 g/mol. The van der Waals surface area contributed by atoms with Crippen molar-refractivity contribution >= 4 is 10.0 Å². The summed E-state index contributed by atoms with van der Waals surface area (Å²) in [7, 11) is -0.581. The summed E-state index contributed by atoms with van der Waals surface area (Å²) in [6.07, 6.45) is 1.74. The molecule has 0 aliphatic heterocycles. The van der Waals surface area contributed by atoms with Gasteiger partial charge in [0.2, 0.25) is 10.0 Å². The van der Waals surface area contributed by atoms with E-state index in [2.05, 4.69) is 9.82 Å². The van der Waals surface area contributed by atoms with Crippen molar-refractivity contribution in [3.8, 4) is 5.75 Å². The highest BCUT2D eigenvalue weighted by Gasteiger charge is 2.19. The Kier molecular flexibility index (Phi) is 4.61. The van der Waals surface area contributed by atoms with Crippen molar-refractivity contribution in [1.29, 1.82) is 0 Å². The zero-order valence-corrected chi connectivity index (χ0v) is 12.6. The summed E-state index contributed by atoms with van der Waals surface area (Å²) >= 11 is 0. The minimum atomic E-state index is -3.72. The van der Waals surface area contributed by atoms with E-state index in [1.54, 1.807) is 24.0 Å². The number of benzene rings is 1. The number of sulfonamides is 1. The number of nitrogens with zero attached hydrogens (tertiary/aromatic N) is 2. The second-order valence-electron chi connectivity index (χ2n) is 4.45. The third-order valence-corrected chi connectivity index (χ3v) is 4.35. The Morgan fingerprint density at radius 1 is 1.38 bits per heavy atom. The van der Waals surface area contributed by atoms with Crippen LogP contribution in [0.15, 0.2) is 35.4 Å². The molecule has 0 aliphatic rings. The average molecular weight is 311 g/mol. The maximum absolute atomic E-state index is 12.3. The van der Waals surface area contributed by atoms with E-state index in [-0.39, 0.29) is 23.8 Å². The lowest BCUT2D eigenvalue weighted by Gasteiger charge is -2.11. The Morgan fingerprint density at radius 3 is 2.71 bits per heavy atom. The standard InChI is InChI=1S/C13H17N3O4S/c1-16-6-5-11(15-16)8-14-21(18,19)13-4-3-10(9-17)7-12(13)20-2/h3-7,14,17H,8-9H2,1-2H3. The fourth-order valence-corrected chi connectivity index (χ4v) is 2.98. The van der Waals surface area contributed by atoms with E-state index in [4.69, 9.17) is 9.84 Å². The summed E-state index contributed by atoms with van der Waals surface area (Å²) in [5.74, 6) is 0.190. The van der Waals surface area contributed by atoms with Gasteiger partial charge in [0, 0.05) is 13.2 Å². The molecular formula is C13H17N3O4S. The number of rotatable bonds is 6. The molecule has 1 heterocycles. The van der Waals surface area contributed by atoms with Gasteiger partial charge in [-0.25, -0.2) is 13.1 Å². The van der Waals surface area contributed by atoms with Crippen LogP contribution in [0.25, 0.3) is 0 Å². The van der Waals surface area contributed by atoms with Gasteiger partial charge in [-0.2, -0.15) is 5.10 Å². The van der Waals surface area contributed by atoms with Gasteiger partial charge in [0.1, 0.15) is 10.6 Å². The van der Waals surface area contributed by atoms with Crippen LogP contribution in [0.2, 0.25) is 0 Å². The fraction of sp³-hybridized carbons (Fsp3) is 0.308. The van der Waals surface area contributed by atoms with Crippen LogP contribution in [0.5, 0.6) is 5.75 Å². The molecule has 7 nitrogen and oxygen atoms in total. The van der Waals surface area contributed by atoms with Gasteiger partial charge in [-0.15, -0.1) is 0 Å². The monoisotopic (exact) mass is 311 g/mol. The first kappa shape index (κ1) is 15.5. The number of ether oxygens (including phenoxy) is 1. The van der Waals surface area contributed by atoms with Gasteiger partial charge in [0.15, 0.2) is 0 Å². The summed E-state index contributed by atoms with van der Waals surface area (Å²) in [6.45, 7) is -0.0911. The lowest BCUT2D eigenvalue weighted by atomic mass is 10.2. The van der Waals surface area contributed by atoms with Gasteiger partial charge in [-0.05, 0) is 23.8 Å². The number of hydrogen-bond acceptors (Lipinski definition) is 5. The molecule has 0 amide bonds. The molecule has 0 spiro atoms. The largest absolute Gasteiger partial charge is 0.495 e. The lowest BCUT2D eigenvalue weighted by Crippen LogP contribution is -2.24. The number of aliphatic hydroxyl groups is 1. The van der Waals surface area contributed by atoms with Crippen LogP contribution in [0.4, 0.5) is 0 Å². The summed E-state index contributed by atoms with van der Waals surface area (Å²) in [5, 5.41) is 13.2. The van der Waals surface area contributed by atoms with Crippen LogP contribution < -0.4 is 9.46 Å². The fourth-order valence-electron chi connectivity index (χ4n) is 1.84. The van der Waals surface area contributed by atoms with Crippen molar-refractivity contribution in [3.05, 3.63) is 41.7 Å². The van der Waals surface area contributed by atoms with Crippen molar-refractivity contribution in [2.45, 2.75) is 18.0 Å². The van der Waals surface area contributed by atoms with Crippen LogP contribution in [-0.4, -0.2) is 30.4 Å². The highest BCUT2D eigenvalue weighted by Crippen LogP contribution is 2.25. The van der Waals surface area contributed by atoms with Crippen LogP contribution in [0.3, 0.4) is 0 Å². The third-order valence-electron chi connectivity index (χ3n) is 2.91. The summed E-state index contributed by atoms with van der Waals surface area (Å²) in [6, 6.07) is 6.17. The van der Waals surface area contributed by atoms with Crippen molar-refractivity contribution in [2.75, 3.05) is 7.11 Å². The molecule has 0 fully saturated rings. The van der Waals surface area contributed by atoms with E-state index in [0.717, 1.165) is 0 Å². The third kappa shape index (κ3) is 3.60. The van der Waals surface area contributed by atoms with Gasteiger partial charge in [-0.3, -0.25) is 4.68 Å². The normalized spacial score (nSPS) is 11.6. The molecule has 21 heavy (non-hydrogen) atoms. The molecule has 0 saturated heterocycles. The second kappa shape index (κ2) is 6.25. The first-order chi connectivity index (χ1) is 9.96. The summed E-state index contributed by atoms with van der Waals surface area (Å²) in [5.41, 5.74) is 1.20. The van der Waals surface area contributed by atoms with Gasteiger partial charge >= 0.3 is 0 Å². The maximum Gasteiger partial charge on any atom is 0.244 e. The van der Waals surface area contributed by atoms with Crippen molar-refractivity contribution in [2.24, 2.45) is 7.05 Å². The molecule has 0 bridgehead atoms. The van der Waals surface area contributed by atoms with Gasteiger partial charge in [0.25, 0.3) is 0 Å². The quantitative estimate of drug-likeness (QED) is 0.805. The molecule has 1 aromatic heterocycles. The van der Waals surface area contributed by atoms with E-state index >= 15 is 0 Å². The zero-order chi connectivity index (χ0) is 15.5. The minimum absolute atomic E-state index is 0.0260. The molecule has 2 N–H and O–H groups in total. The van der Waals surface area contributed by atoms with Crippen LogP contribution in [-0.2, 0) is 30.2 Å². The number of nitrogens with one attached hydrogen (secondary N) is 1. The Labute approximate surface area is 123 Å². The second-order valence-corrected chi connectivity index (χ2v) is 6.18. The van der Waals surface area contributed by atoms with Crippen molar-refractivity contribution in [1.82, 2.24) is 14.5 Å². The predicted octanol–water partition coefficient (Wildman–Crippen LogP) is 0.399. The first-order valence-corrected chi connectivity index (χ1v) is 7.70. The molecule has 8 heteroatoms. The maximum atomic E-state index is 12.3. The van der Waals surface area contributed by atoms with Crippen molar-refractivity contribution in [3.63, 3.8) is 0 Å². The number of methoxy groups -OCH3 is 1. The molecule has 0 radical (unpaired) electrons. The Hall–Kier alpha value is -1.90. The summed E-state index contributed by atoms with van der Waals surface area (Å²) in [4.78, 5) is 0.0260. The summed E-state index contributed by atoms with van der Waals surface area (Å²) < 4.78 is 33.8. The zero-order valence-electron chi connectivity index (χ0n) is 11.8. The van der Waals surface area contributed by atoms with E-state index in [1.165, 1.54) is 25.3 Å². The Balaban J connectivity index is 2.22.